The van der Waals surface area contributed by atoms with Gasteiger partial charge in [0.05, 0.1) is 19.8 Å². The number of carbonyl (C=O) groups is 1. The van der Waals surface area contributed by atoms with Crippen LogP contribution < -0.4 is 10.1 Å². The van der Waals surface area contributed by atoms with Crippen molar-refractivity contribution in [3.05, 3.63) is 41.1 Å². The minimum absolute atomic E-state index is 0.200. The smallest absolute Gasteiger partial charge is 0.335 e. The van der Waals surface area contributed by atoms with Gasteiger partial charge in [0, 0.05) is 12.2 Å². The summed E-state index contributed by atoms with van der Waals surface area (Å²) in [5.74, 6) is 0.650. The zero-order valence-corrected chi connectivity index (χ0v) is 12.8. The van der Waals surface area contributed by atoms with Crippen LogP contribution in [0.3, 0.4) is 0 Å². The highest BCUT2D eigenvalue weighted by Gasteiger charge is 2.18. The van der Waals surface area contributed by atoms with Crippen molar-refractivity contribution in [1.82, 2.24) is 5.32 Å². The number of rotatable bonds is 5. The van der Waals surface area contributed by atoms with Crippen molar-refractivity contribution in [2.24, 2.45) is 0 Å². The molecule has 0 aromatic heterocycles. The van der Waals surface area contributed by atoms with Crippen molar-refractivity contribution < 1.29 is 14.3 Å². The third kappa shape index (κ3) is 4.25. The molecule has 1 N–H and O–H groups in total. The largest absolute Gasteiger partial charge is 0.497 e. The van der Waals surface area contributed by atoms with Gasteiger partial charge in [-0.3, -0.25) is 0 Å². The maximum absolute atomic E-state index is 11.9. The summed E-state index contributed by atoms with van der Waals surface area (Å²) in [6.07, 6.45) is 5.05. The van der Waals surface area contributed by atoms with Crippen LogP contribution in [0.25, 0.3) is 0 Å². The molecular formula is C17H23NO3. The molecule has 4 nitrogen and oxygen atoms in total. The molecule has 0 fully saturated rings. The van der Waals surface area contributed by atoms with Gasteiger partial charge in [-0.15, -0.1) is 0 Å². The van der Waals surface area contributed by atoms with Crippen LogP contribution in [-0.2, 0) is 16.1 Å². The Hall–Kier alpha value is -1.97. The molecule has 2 rings (SSSR count). The molecule has 4 heteroatoms. The second kappa shape index (κ2) is 7.72. The molecular weight excluding hydrogens is 266 g/mol. The van der Waals surface area contributed by atoms with Gasteiger partial charge in [-0.2, -0.15) is 0 Å². The zero-order chi connectivity index (χ0) is 15.1. The number of nitrogens with one attached hydrogen (secondary N) is 1. The Kier molecular flexibility index (Phi) is 5.67. The second-order valence-corrected chi connectivity index (χ2v) is 5.21. The molecule has 1 aliphatic rings. The highest BCUT2D eigenvalue weighted by atomic mass is 16.5. The van der Waals surface area contributed by atoms with E-state index >= 15 is 0 Å². The molecule has 1 aliphatic carbocycles. The Morgan fingerprint density at radius 1 is 1.10 bits per heavy atom. The molecule has 0 saturated heterocycles. The Morgan fingerprint density at radius 2 is 1.81 bits per heavy atom. The predicted octanol–water partition coefficient (Wildman–Crippen LogP) is 3.18. The average molecular weight is 289 g/mol. The first-order chi connectivity index (χ1) is 10.2. The molecule has 0 amide bonds. The summed E-state index contributed by atoms with van der Waals surface area (Å²) in [7, 11) is 3.10. The van der Waals surface area contributed by atoms with Crippen LogP contribution in [0.4, 0.5) is 0 Å². The maximum Gasteiger partial charge on any atom is 0.335 e. The van der Waals surface area contributed by atoms with Crippen molar-refractivity contribution in [2.45, 2.75) is 38.6 Å². The molecule has 114 valence electrons. The van der Waals surface area contributed by atoms with Gasteiger partial charge in [0.25, 0.3) is 0 Å². The average Bonchev–Trinajstić information content (AvgIpc) is 2.78. The van der Waals surface area contributed by atoms with Crippen LogP contribution in [0.15, 0.2) is 35.5 Å². The summed E-state index contributed by atoms with van der Waals surface area (Å²) in [5.41, 5.74) is 3.01. The number of carbonyl (C=O) groups excluding carboxylic acids is 1. The zero-order valence-electron chi connectivity index (χ0n) is 12.8. The summed E-state index contributed by atoms with van der Waals surface area (Å²) in [5, 5.41) is 3.42. The Bertz CT molecular complexity index is 505. The van der Waals surface area contributed by atoms with Gasteiger partial charge in [0.2, 0.25) is 0 Å². The number of esters is 1. The van der Waals surface area contributed by atoms with Crippen LogP contribution in [-0.4, -0.2) is 20.2 Å². The molecule has 0 atom stereocenters. The third-order valence-electron chi connectivity index (χ3n) is 3.81. The first-order valence-electron chi connectivity index (χ1n) is 7.41. The highest BCUT2D eigenvalue weighted by molar-refractivity contribution is 5.89. The predicted molar refractivity (Wildman–Crippen MR) is 82.0 cm³/mol. The molecule has 0 aliphatic heterocycles. The standard InChI is InChI=1S/C17H23NO3/c1-20-14-10-8-13(9-11-14)12-18-16-7-5-3-4-6-15(16)17(19)21-2/h8-11,18H,3-7,12H2,1-2H3. The fourth-order valence-electron chi connectivity index (χ4n) is 2.58. The lowest BCUT2D eigenvalue weighted by atomic mass is 10.1. The molecule has 0 saturated carbocycles. The van der Waals surface area contributed by atoms with Crippen molar-refractivity contribution >= 4 is 5.97 Å². The van der Waals surface area contributed by atoms with Gasteiger partial charge < -0.3 is 14.8 Å². The van der Waals surface area contributed by atoms with Gasteiger partial charge in [0.1, 0.15) is 5.75 Å². The first kappa shape index (κ1) is 15.4. The highest BCUT2D eigenvalue weighted by Crippen LogP contribution is 2.23. The molecule has 0 spiro atoms. The van der Waals surface area contributed by atoms with Crippen LogP contribution in [0, 0.1) is 0 Å². The molecule has 0 bridgehead atoms. The lowest BCUT2D eigenvalue weighted by Crippen LogP contribution is -2.18. The minimum atomic E-state index is -0.200. The lowest BCUT2D eigenvalue weighted by molar-refractivity contribution is -0.136. The molecule has 1 aromatic carbocycles. The van der Waals surface area contributed by atoms with E-state index < -0.39 is 0 Å². The fourth-order valence-corrected chi connectivity index (χ4v) is 2.58. The molecule has 0 radical (unpaired) electrons. The van der Waals surface area contributed by atoms with Gasteiger partial charge in [0.15, 0.2) is 0 Å². The molecule has 0 heterocycles. The first-order valence-corrected chi connectivity index (χ1v) is 7.41. The van der Waals surface area contributed by atoms with Crippen LogP contribution >= 0.6 is 0 Å². The monoisotopic (exact) mass is 289 g/mol. The molecule has 21 heavy (non-hydrogen) atoms. The van der Waals surface area contributed by atoms with E-state index in [0.717, 1.165) is 54.7 Å². The summed E-state index contributed by atoms with van der Waals surface area (Å²) in [6.45, 7) is 0.708. The summed E-state index contributed by atoms with van der Waals surface area (Å²) < 4.78 is 10.1. The van der Waals surface area contributed by atoms with E-state index in [1.165, 1.54) is 7.11 Å². The molecule has 0 unspecified atom stereocenters. The second-order valence-electron chi connectivity index (χ2n) is 5.21. The van der Waals surface area contributed by atoms with Gasteiger partial charge in [-0.05, 0) is 43.4 Å². The quantitative estimate of drug-likeness (QED) is 0.846. The van der Waals surface area contributed by atoms with Gasteiger partial charge in [-0.25, -0.2) is 4.79 Å². The van der Waals surface area contributed by atoms with Crippen molar-refractivity contribution in [1.29, 1.82) is 0 Å². The van der Waals surface area contributed by atoms with Crippen LogP contribution in [0.5, 0.6) is 5.75 Å². The summed E-state index contributed by atoms with van der Waals surface area (Å²) >= 11 is 0. The summed E-state index contributed by atoms with van der Waals surface area (Å²) in [4.78, 5) is 11.9. The normalized spacial score (nSPS) is 15.3. The molecule has 1 aromatic rings. The van der Waals surface area contributed by atoms with Gasteiger partial charge >= 0.3 is 5.97 Å². The van der Waals surface area contributed by atoms with Crippen LogP contribution in [0.1, 0.15) is 37.7 Å². The van der Waals surface area contributed by atoms with E-state index in [1.807, 2.05) is 24.3 Å². The SMILES string of the molecule is COC(=O)C1=C(NCc2ccc(OC)cc2)CCCCC1. The number of hydrogen-bond acceptors (Lipinski definition) is 4. The number of allylic oxidation sites excluding steroid dienone is 1. The third-order valence-corrected chi connectivity index (χ3v) is 3.81. The van der Waals surface area contributed by atoms with Crippen molar-refractivity contribution in [3.63, 3.8) is 0 Å². The van der Waals surface area contributed by atoms with Crippen molar-refractivity contribution in [2.75, 3.05) is 14.2 Å². The van der Waals surface area contributed by atoms with E-state index in [2.05, 4.69) is 5.32 Å². The summed E-state index contributed by atoms with van der Waals surface area (Å²) in [6, 6.07) is 7.95. The minimum Gasteiger partial charge on any atom is -0.497 e. The number of hydrogen-bond donors (Lipinski definition) is 1. The Morgan fingerprint density at radius 3 is 2.48 bits per heavy atom. The van der Waals surface area contributed by atoms with E-state index in [0.29, 0.717) is 6.54 Å². The fraction of sp³-hybridized carbons (Fsp3) is 0.471. The van der Waals surface area contributed by atoms with Crippen LogP contribution in [0.2, 0.25) is 0 Å². The topological polar surface area (TPSA) is 47.6 Å². The van der Waals surface area contributed by atoms with E-state index in [9.17, 15) is 4.79 Å². The van der Waals surface area contributed by atoms with E-state index in [-0.39, 0.29) is 5.97 Å². The maximum atomic E-state index is 11.9. The van der Waals surface area contributed by atoms with Gasteiger partial charge in [-0.1, -0.05) is 18.6 Å². The Labute approximate surface area is 126 Å². The Balaban J connectivity index is 2.06. The number of benzene rings is 1. The van der Waals surface area contributed by atoms with Crippen molar-refractivity contribution in [3.8, 4) is 5.75 Å². The lowest BCUT2D eigenvalue weighted by Gasteiger charge is -2.14. The number of ether oxygens (including phenoxy) is 2. The number of methoxy groups -OCH3 is 2. The van der Waals surface area contributed by atoms with E-state index in [4.69, 9.17) is 9.47 Å². The van der Waals surface area contributed by atoms with E-state index in [1.54, 1.807) is 7.11 Å².